The van der Waals surface area contributed by atoms with Crippen molar-refractivity contribution in [2.24, 2.45) is 0 Å². The van der Waals surface area contributed by atoms with Crippen molar-refractivity contribution in [3.8, 4) is 17.0 Å². The van der Waals surface area contributed by atoms with E-state index in [-0.39, 0.29) is 5.91 Å². The van der Waals surface area contributed by atoms with Crippen LogP contribution in [0.5, 0.6) is 5.75 Å². The van der Waals surface area contributed by atoms with Gasteiger partial charge in [0.1, 0.15) is 11.4 Å². The summed E-state index contributed by atoms with van der Waals surface area (Å²) < 4.78 is 7.18. The van der Waals surface area contributed by atoms with Gasteiger partial charge in [-0.3, -0.25) is 14.5 Å². The first-order valence-electron chi connectivity index (χ1n) is 10.6. The molecule has 6 nitrogen and oxygen atoms in total. The Balaban J connectivity index is 1.54. The number of ether oxygens (including phenoxy) is 1. The van der Waals surface area contributed by atoms with Crippen LogP contribution in [0.15, 0.2) is 97.3 Å². The molecule has 6 heteroatoms. The van der Waals surface area contributed by atoms with E-state index in [4.69, 9.17) is 9.84 Å². The van der Waals surface area contributed by atoms with E-state index >= 15 is 0 Å². The third-order valence-electron chi connectivity index (χ3n) is 5.43. The van der Waals surface area contributed by atoms with Crippen LogP contribution in [0.25, 0.3) is 22.2 Å². The zero-order valence-corrected chi connectivity index (χ0v) is 18.1. The van der Waals surface area contributed by atoms with E-state index in [1.807, 2.05) is 84.9 Å². The minimum atomic E-state index is -0.233. The number of nitrogens with zero attached hydrogens (tertiary/aromatic N) is 3. The number of hydrogen-bond acceptors (Lipinski definition) is 4. The number of methoxy groups -OCH3 is 1. The summed E-state index contributed by atoms with van der Waals surface area (Å²) in [5.41, 5.74) is 4.53. The van der Waals surface area contributed by atoms with Crippen LogP contribution in [0.4, 0.5) is 5.69 Å². The van der Waals surface area contributed by atoms with Crippen molar-refractivity contribution in [1.29, 1.82) is 0 Å². The number of amides is 1. The van der Waals surface area contributed by atoms with Gasteiger partial charge in [-0.15, -0.1) is 0 Å². The first-order chi connectivity index (χ1) is 16.2. The number of hydrogen-bond donors (Lipinski definition) is 1. The molecule has 0 atom stereocenters. The molecule has 0 saturated heterocycles. The van der Waals surface area contributed by atoms with Gasteiger partial charge in [0.2, 0.25) is 0 Å². The van der Waals surface area contributed by atoms with Crippen molar-refractivity contribution in [3.05, 3.63) is 108 Å². The van der Waals surface area contributed by atoms with Crippen LogP contribution in [0, 0.1) is 0 Å². The number of pyridine rings is 1. The zero-order valence-electron chi connectivity index (χ0n) is 18.1. The molecule has 5 rings (SSSR count). The van der Waals surface area contributed by atoms with Gasteiger partial charge in [-0.1, -0.05) is 48.5 Å². The Morgan fingerprint density at radius 2 is 1.82 bits per heavy atom. The van der Waals surface area contributed by atoms with Gasteiger partial charge in [-0.2, -0.15) is 5.10 Å². The van der Waals surface area contributed by atoms with Gasteiger partial charge in [0.15, 0.2) is 0 Å². The molecule has 3 aromatic carbocycles. The van der Waals surface area contributed by atoms with Crippen molar-refractivity contribution in [3.63, 3.8) is 0 Å². The Morgan fingerprint density at radius 1 is 0.970 bits per heavy atom. The summed E-state index contributed by atoms with van der Waals surface area (Å²) in [7, 11) is 1.62. The molecule has 0 spiro atoms. The number of carbonyl (C=O) groups is 1. The average molecular weight is 434 g/mol. The maximum Gasteiger partial charge on any atom is 0.259 e. The van der Waals surface area contributed by atoms with Crippen molar-refractivity contribution in [2.45, 2.75) is 6.54 Å². The highest BCUT2D eigenvalue weighted by molar-refractivity contribution is 6.11. The van der Waals surface area contributed by atoms with Gasteiger partial charge >= 0.3 is 0 Å². The van der Waals surface area contributed by atoms with Crippen molar-refractivity contribution >= 4 is 22.5 Å². The van der Waals surface area contributed by atoms with Crippen LogP contribution in [-0.2, 0) is 6.54 Å². The molecule has 5 aromatic rings. The largest absolute Gasteiger partial charge is 0.497 e. The second-order valence-electron chi connectivity index (χ2n) is 7.64. The number of carbonyl (C=O) groups excluding carboxylic acids is 1. The highest BCUT2D eigenvalue weighted by Gasteiger charge is 2.19. The zero-order chi connectivity index (χ0) is 22.6. The van der Waals surface area contributed by atoms with Crippen molar-refractivity contribution < 1.29 is 9.53 Å². The molecular weight excluding hydrogens is 412 g/mol. The summed E-state index contributed by atoms with van der Waals surface area (Å²) in [6.45, 7) is 0.559. The Bertz CT molecular complexity index is 1420. The quantitative estimate of drug-likeness (QED) is 0.388. The second kappa shape index (κ2) is 8.96. The molecule has 0 radical (unpaired) electrons. The summed E-state index contributed by atoms with van der Waals surface area (Å²) in [4.78, 5) is 17.8. The van der Waals surface area contributed by atoms with E-state index in [0.717, 1.165) is 22.0 Å². The van der Waals surface area contributed by atoms with Gasteiger partial charge in [-0.05, 0) is 42.0 Å². The van der Waals surface area contributed by atoms with Crippen LogP contribution in [0.2, 0.25) is 0 Å². The lowest BCUT2D eigenvalue weighted by molar-refractivity contribution is 0.102. The van der Waals surface area contributed by atoms with Gasteiger partial charge in [0.05, 0.1) is 30.4 Å². The highest BCUT2D eigenvalue weighted by atomic mass is 16.5. The monoisotopic (exact) mass is 434 g/mol. The van der Waals surface area contributed by atoms with Gasteiger partial charge in [0, 0.05) is 23.3 Å². The first-order valence-corrected chi connectivity index (χ1v) is 10.6. The molecular formula is C27H22N4O2. The topological polar surface area (TPSA) is 69.0 Å². The Kier molecular flexibility index (Phi) is 5.55. The molecule has 1 N–H and O–H groups in total. The lowest BCUT2D eigenvalue weighted by atomic mass is 10.1. The first kappa shape index (κ1) is 20.5. The number of aromatic nitrogens is 3. The normalized spacial score (nSPS) is 10.8. The number of anilines is 1. The SMILES string of the molecule is COc1cccc(-c2nn(Cc3ccccc3)cc2C(=O)Nc2cccc3ncccc23)c1. The molecule has 0 saturated carbocycles. The maximum atomic E-state index is 13.5. The minimum absolute atomic E-state index is 0.233. The Labute approximate surface area is 191 Å². The molecule has 0 aliphatic carbocycles. The fraction of sp³-hybridized carbons (Fsp3) is 0.0741. The van der Waals surface area contributed by atoms with E-state index < -0.39 is 0 Å². The lowest BCUT2D eigenvalue weighted by Gasteiger charge is -2.09. The minimum Gasteiger partial charge on any atom is -0.497 e. The summed E-state index contributed by atoms with van der Waals surface area (Å²) in [6.07, 6.45) is 3.53. The molecule has 0 bridgehead atoms. The summed E-state index contributed by atoms with van der Waals surface area (Å²) in [5, 5.41) is 8.70. The smallest absolute Gasteiger partial charge is 0.259 e. The molecule has 1 amide bonds. The van der Waals surface area contributed by atoms with Crippen LogP contribution < -0.4 is 10.1 Å². The fourth-order valence-corrected chi connectivity index (χ4v) is 3.82. The standard InChI is InChI=1S/C27H22N4O2/c1-33-21-11-5-10-20(16-21)26-23(18-31(30-26)17-19-8-3-2-4-9-19)27(32)29-25-14-6-13-24-22(25)12-7-15-28-24/h2-16,18H,17H2,1H3,(H,29,32). The van der Waals surface area contributed by atoms with Gasteiger partial charge in [0.25, 0.3) is 5.91 Å². The molecule has 2 heterocycles. The molecule has 0 aliphatic heterocycles. The fourth-order valence-electron chi connectivity index (χ4n) is 3.82. The average Bonchev–Trinajstić information content (AvgIpc) is 3.29. The van der Waals surface area contributed by atoms with E-state index in [9.17, 15) is 4.79 Å². The van der Waals surface area contributed by atoms with Crippen LogP contribution in [0.1, 0.15) is 15.9 Å². The van der Waals surface area contributed by atoms with Crippen molar-refractivity contribution in [1.82, 2.24) is 14.8 Å². The van der Waals surface area contributed by atoms with E-state index in [2.05, 4.69) is 10.3 Å². The predicted octanol–water partition coefficient (Wildman–Crippen LogP) is 5.41. The van der Waals surface area contributed by atoms with Gasteiger partial charge in [-0.25, -0.2) is 0 Å². The third kappa shape index (κ3) is 4.32. The summed E-state index contributed by atoms with van der Waals surface area (Å²) in [5.74, 6) is 0.472. The molecule has 0 aliphatic rings. The number of nitrogens with one attached hydrogen (secondary N) is 1. The highest BCUT2D eigenvalue weighted by Crippen LogP contribution is 2.28. The van der Waals surface area contributed by atoms with E-state index in [0.29, 0.717) is 29.2 Å². The molecule has 33 heavy (non-hydrogen) atoms. The van der Waals surface area contributed by atoms with Crippen LogP contribution in [-0.4, -0.2) is 27.8 Å². The summed E-state index contributed by atoms with van der Waals surface area (Å²) >= 11 is 0. The molecule has 2 aromatic heterocycles. The predicted molar refractivity (Wildman–Crippen MR) is 129 cm³/mol. The Morgan fingerprint density at radius 3 is 2.67 bits per heavy atom. The summed E-state index contributed by atoms with van der Waals surface area (Å²) in [6, 6.07) is 27.1. The second-order valence-corrected chi connectivity index (χ2v) is 7.64. The number of rotatable bonds is 6. The van der Waals surface area contributed by atoms with E-state index in [1.165, 1.54) is 0 Å². The van der Waals surface area contributed by atoms with Crippen molar-refractivity contribution in [2.75, 3.05) is 12.4 Å². The van der Waals surface area contributed by atoms with Crippen LogP contribution in [0.3, 0.4) is 0 Å². The Hall–Kier alpha value is -4.45. The van der Waals surface area contributed by atoms with E-state index in [1.54, 1.807) is 24.2 Å². The molecule has 162 valence electrons. The third-order valence-corrected chi connectivity index (χ3v) is 5.43. The number of benzene rings is 3. The lowest BCUT2D eigenvalue weighted by Crippen LogP contribution is -2.12. The molecule has 0 fully saturated rings. The maximum absolute atomic E-state index is 13.5. The number of fused-ring (bicyclic) bond motifs is 1. The van der Waals surface area contributed by atoms with Gasteiger partial charge < -0.3 is 10.1 Å². The molecule has 0 unspecified atom stereocenters. The van der Waals surface area contributed by atoms with Crippen LogP contribution >= 0.6 is 0 Å².